The Morgan fingerprint density at radius 1 is 1.35 bits per heavy atom. The van der Waals surface area contributed by atoms with Crippen LogP contribution in [0.4, 0.5) is 5.69 Å². The molecule has 10 heteroatoms. The van der Waals surface area contributed by atoms with Crippen molar-refractivity contribution in [3.05, 3.63) is 30.3 Å². The number of carbonyl (C=O) groups is 2. The summed E-state index contributed by atoms with van der Waals surface area (Å²) in [6, 6.07) is 9.07. The number of rotatable bonds is 8. The van der Waals surface area contributed by atoms with Crippen molar-refractivity contribution in [2.75, 3.05) is 50.9 Å². The number of para-hydroxylation sites is 1. The number of sulfonamides is 1. The molecule has 0 saturated carbocycles. The van der Waals surface area contributed by atoms with E-state index in [-0.39, 0.29) is 19.0 Å². The van der Waals surface area contributed by atoms with Crippen LogP contribution in [0.5, 0.6) is 0 Å². The molecule has 0 bridgehead atoms. The lowest BCUT2D eigenvalue weighted by Crippen LogP contribution is -2.51. The minimum Gasteiger partial charge on any atom is -0.480 e. The summed E-state index contributed by atoms with van der Waals surface area (Å²) in [6.07, 6.45) is 0.464. The Kier molecular flexibility index (Phi) is 7.09. The molecule has 2 rings (SSSR count). The first kappa shape index (κ1) is 20.3. The predicted molar refractivity (Wildman–Crippen MR) is 95.3 cm³/mol. The van der Waals surface area contributed by atoms with Gasteiger partial charge in [-0.1, -0.05) is 18.2 Å². The highest BCUT2D eigenvalue weighted by Crippen LogP contribution is 2.10. The summed E-state index contributed by atoms with van der Waals surface area (Å²) in [5, 5.41) is 11.7. The minimum absolute atomic E-state index is 0.0675. The Labute approximate surface area is 152 Å². The largest absolute Gasteiger partial charge is 0.480 e. The summed E-state index contributed by atoms with van der Waals surface area (Å²) in [7, 11) is -3.67. The monoisotopic (exact) mass is 385 g/mol. The Morgan fingerprint density at radius 2 is 2.04 bits per heavy atom. The molecule has 2 N–H and O–H groups in total. The molecular formula is C16H23N3O6S. The zero-order valence-electron chi connectivity index (χ0n) is 14.5. The fraction of sp³-hybridized carbons (Fsp3) is 0.500. The fourth-order valence-electron chi connectivity index (χ4n) is 2.65. The summed E-state index contributed by atoms with van der Waals surface area (Å²) in [4.78, 5) is 24.9. The van der Waals surface area contributed by atoms with Crippen LogP contribution in [-0.2, 0) is 24.3 Å². The summed E-state index contributed by atoms with van der Waals surface area (Å²) in [5.41, 5.74) is 0.701. The molecule has 0 aliphatic carbocycles. The van der Waals surface area contributed by atoms with Gasteiger partial charge in [0.25, 0.3) is 0 Å². The summed E-state index contributed by atoms with van der Waals surface area (Å²) >= 11 is 0. The zero-order valence-corrected chi connectivity index (χ0v) is 15.3. The van der Waals surface area contributed by atoms with Gasteiger partial charge in [-0.3, -0.25) is 14.5 Å². The number of nitrogens with one attached hydrogen (secondary N) is 1. The van der Waals surface area contributed by atoms with Gasteiger partial charge in [0.2, 0.25) is 15.9 Å². The van der Waals surface area contributed by atoms with Crippen molar-refractivity contribution in [3.63, 3.8) is 0 Å². The molecule has 1 heterocycles. The minimum atomic E-state index is -3.67. The lowest BCUT2D eigenvalue weighted by Gasteiger charge is -2.34. The van der Waals surface area contributed by atoms with Gasteiger partial charge in [0.05, 0.1) is 25.5 Å². The number of nitrogens with zero attached hydrogens (tertiary/aromatic N) is 2. The van der Waals surface area contributed by atoms with Gasteiger partial charge in [0.15, 0.2) is 0 Å². The third kappa shape index (κ3) is 6.71. The molecule has 144 valence electrons. The molecule has 1 amide bonds. The van der Waals surface area contributed by atoms with Crippen LogP contribution in [0.1, 0.15) is 0 Å². The second-order valence-corrected chi connectivity index (χ2v) is 8.07. The van der Waals surface area contributed by atoms with Gasteiger partial charge in [-0.05, 0) is 12.1 Å². The first-order valence-electron chi connectivity index (χ1n) is 8.10. The number of carbonyl (C=O) groups excluding carboxylic acids is 1. The SMILES string of the molecule is CS(=O)(=O)N(CC(=O)O)CC1CN(CC(=O)Nc2ccccc2)CCO1. The second-order valence-electron chi connectivity index (χ2n) is 6.09. The van der Waals surface area contributed by atoms with Gasteiger partial charge in [-0.15, -0.1) is 0 Å². The Bertz CT molecular complexity index is 725. The maximum atomic E-state index is 12.1. The van der Waals surface area contributed by atoms with E-state index >= 15 is 0 Å². The number of ether oxygens (including phenoxy) is 1. The van der Waals surface area contributed by atoms with Gasteiger partial charge in [-0.25, -0.2) is 8.42 Å². The fourth-order valence-corrected chi connectivity index (χ4v) is 3.44. The van der Waals surface area contributed by atoms with E-state index in [1.807, 2.05) is 23.1 Å². The average molecular weight is 385 g/mol. The molecule has 0 radical (unpaired) electrons. The van der Waals surface area contributed by atoms with Crippen LogP contribution in [0.3, 0.4) is 0 Å². The lowest BCUT2D eigenvalue weighted by atomic mass is 10.2. The van der Waals surface area contributed by atoms with Crippen molar-refractivity contribution in [3.8, 4) is 0 Å². The molecule has 0 aromatic heterocycles. The number of benzene rings is 1. The standard InChI is InChI=1S/C16H23N3O6S/c1-26(23,24)19(12-16(21)22)10-14-9-18(7-8-25-14)11-15(20)17-13-5-3-2-4-6-13/h2-6,14H,7-12H2,1H3,(H,17,20)(H,21,22). The van der Waals surface area contributed by atoms with Crippen molar-refractivity contribution < 1.29 is 27.9 Å². The average Bonchev–Trinajstić information content (AvgIpc) is 2.54. The highest BCUT2D eigenvalue weighted by molar-refractivity contribution is 7.88. The normalized spacial score (nSPS) is 18.6. The van der Waals surface area contributed by atoms with E-state index in [9.17, 15) is 18.0 Å². The summed E-state index contributed by atoms with van der Waals surface area (Å²) in [6.45, 7) is 0.681. The third-order valence-electron chi connectivity index (χ3n) is 3.84. The van der Waals surface area contributed by atoms with E-state index in [1.165, 1.54) is 0 Å². The number of amides is 1. The van der Waals surface area contributed by atoms with E-state index in [0.29, 0.717) is 25.4 Å². The predicted octanol–water partition coefficient (Wildman–Crippen LogP) is -0.328. The third-order valence-corrected chi connectivity index (χ3v) is 5.05. The number of anilines is 1. The first-order valence-corrected chi connectivity index (χ1v) is 9.94. The van der Waals surface area contributed by atoms with Crippen molar-refractivity contribution >= 4 is 27.6 Å². The van der Waals surface area contributed by atoms with Gasteiger partial charge >= 0.3 is 5.97 Å². The highest BCUT2D eigenvalue weighted by atomic mass is 32.2. The molecule has 26 heavy (non-hydrogen) atoms. The topological polar surface area (TPSA) is 116 Å². The Morgan fingerprint density at radius 3 is 2.65 bits per heavy atom. The van der Waals surface area contributed by atoms with Gasteiger partial charge < -0.3 is 15.2 Å². The number of aliphatic carboxylic acids is 1. The Balaban J connectivity index is 1.89. The molecule has 1 aliphatic rings. The van der Waals surface area contributed by atoms with Crippen molar-refractivity contribution in [1.29, 1.82) is 0 Å². The van der Waals surface area contributed by atoms with E-state index < -0.39 is 28.6 Å². The smallest absolute Gasteiger partial charge is 0.318 e. The first-order chi connectivity index (χ1) is 12.2. The van der Waals surface area contributed by atoms with Gasteiger partial charge in [0, 0.05) is 25.3 Å². The van der Waals surface area contributed by atoms with Crippen molar-refractivity contribution in [2.45, 2.75) is 6.10 Å². The van der Waals surface area contributed by atoms with Crippen LogP contribution >= 0.6 is 0 Å². The lowest BCUT2D eigenvalue weighted by molar-refractivity contribution is -0.137. The van der Waals surface area contributed by atoms with Crippen LogP contribution < -0.4 is 5.32 Å². The highest BCUT2D eigenvalue weighted by Gasteiger charge is 2.28. The molecule has 9 nitrogen and oxygen atoms in total. The molecule has 1 fully saturated rings. The van der Waals surface area contributed by atoms with E-state index in [4.69, 9.17) is 9.84 Å². The molecule has 1 atom stereocenters. The molecule has 1 aromatic rings. The summed E-state index contributed by atoms with van der Waals surface area (Å²) in [5.74, 6) is -1.41. The Hall–Kier alpha value is -2.01. The zero-order chi connectivity index (χ0) is 19.2. The van der Waals surface area contributed by atoms with Gasteiger partial charge in [-0.2, -0.15) is 4.31 Å². The van der Waals surface area contributed by atoms with E-state index in [2.05, 4.69) is 5.32 Å². The van der Waals surface area contributed by atoms with Crippen LogP contribution in [0.25, 0.3) is 0 Å². The number of carboxylic acids is 1. The quantitative estimate of drug-likeness (QED) is 0.629. The van der Waals surface area contributed by atoms with Crippen LogP contribution in [0, 0.1) is 0 Å². The number of hydrogen-bond donors (Lipinski definition) is 2. The van der Waals surface area contributed by atoms with Crippen LogP contribution in [0.15, 0.2) is 30.3 Å². The van der Waals surface area contributed by atoms with Crippen LogP contribution in [-0.4, -0.2) is 86.3 Å². The maximum Gasteiger partial charge on any atom is 0.318 e. The number of carboxylic acid groups (broad SMARTS) is 1. The van der Waals surface area contributed by atoms with Crippen LogP contribution in [0.2, 0.25) is 0 Å². The molecule has 0 spiro atoms. The van der Waals surface area contributed by atoms with Gasteiger partial charge in [0.1, 0.15) is 6.54 Å². The summed E-state index contributed by atoms with van der Waals surface area (Å²) < 4.78 is 29.9. The van der Waals surface area contributed by atoms with Crippen molar-refractivity contribution in [1.82, 2.24) is 9.21 Å². The maximum absolute atomic E-state index is 12.1. The van der Waals surface area contributed by atoms with E-state index in [1.54, 1.807) is 12.1 Å². The van der Waals surface area contributed by atoms with E-state index in [0.717, 1.165) is 10.6 Å². The number of hydrogen-bond acceptors (Lipinski definition) is 6. The molecule has 1 aliphatic heterocycles. The molecule has 1 unspecified atom stereocenters. The second kappa shape index (κ2) is 9.08. The van der Waals surface area contributed by atoms with Crippen molar-refractivity contribution in [2.24, 2.45) is 0 Å². The molecule has 1 saturated heterocycles. The number of morpholine rings is 1. The molecule has 1 aromatic carbocycles. The molecular weight excluding hydrogens is 362 g/mol.